The number of allylic oxidation sites excluding steroid dienone is 1. The fourth-order valence-corrected chi connectivity index (χ4v) is 3.89. The van der Waals surface area contributed by atoms with E-state index < -0.39 is 11.6 Å². The molecule has 0 bridgehead atoms. The number of Topliss-reactive ketones (excluding diaryl/α,β-unsaturated/α-hetero) is 1. The van der Waals surface area contributed by atoms with Crippen molar-refractivity contribution < 1.29 is 18.7 Å². The Hall–Kier alpha value is -4.08. The summed E-state index contributed by atoms with van der Waals surface area (Å²) in [5, 5.41) is 4.30. The molecular weight excluding hydrogens is 509 g/mol. The average molecular weight is 536 g/mol. The lowest BCUT2D eigenvalue weighted by Crippen LogP contribution is -2.13. The number of nitrogens with one attached hydrogen (secondary N) is 1. The predicted octanol–water partition coefficient (Wildman–Crippen LogP) is 5.54. The SMILES string of the molecule is COc1cc2ncnc(Nc3ccc(OCc4ccccn4)c(Cl)c3)c2cc1CC(=O)C(F)=CCN(C)C. The van der Waals surface area contributed by atoms with Crippen LogP contribution in [0.25, 0.3) is 10.9 Å². The number of carbonyl (C=O) groups is 1. The van der Waals surface area contributed by atoms with Gasteiger partial charge in [-0.1, -0.05) is 17.7 Å². The maximum Gasteiger partial charge on any atom is 0.195 e. The first-order chi connectivity index (χ1) is 18.3. The number of likely N-dealkylation sites (N-methyl/N-ethyl adjacent to an activating group) is 1. The van der Waals surface area contributed by atoms with Gasteiger partial charge in [0, 0.05) is 41.9 Å². The monoisotopic (exact) mass is 535 g/mol. The highest BCUT2D eigenvalue weighted by molar-refractivity contribution is 6.32. The topological polar surface area (TPSA) is 89.5 Å². The minimum atomic E-state index is -0.788. The number of ether oxygens (including phenoxy) is 2. The molecule has 0 aliphatic rings. The van der Waals surface area contributed by atoms with Gasteiger partial charge in [-0.3, -0.25) is 9.78 Å². The van der Waals surface area contributed by atoms with Crippen molar-refractivity contribution in [3.63, 3.8) is 0 Å². The number of halogens is 2. The van der Waals surface area contributed by atoms with Gasteiger partial charge in [-0.15, -0.1) is 0 Å². The summed E-state index contributed by atoms with van der Waals surface area (Å²) in [7, 11) is 5.09. The smallest absolute Gasteiger partial charge is 0.195 e. The van der Waals surface area contributed by atoms with Gasteiger partial charge in [0.25, 0.3) is 0 Å². The van der Waals surface area contributed by atoms with Crippen LogP contribution >= 0.6 is 11.6 Å². The molecule has 2 heterocycles. The van der Waals surface area contributed by atoms with E-state index in [2.05, 4.69) is 20.3 Å². The van der Waals surface area contributed by atoms with Crippen molar-refractivity contribution in [2.45, 2.75) is 13.0 Å². The maximum absolute atomic E-state index is 14.4. The van der Waals surface area contributed by atoms with Crippen molar-refractivity contribution in [1.29, 1.82) is 0 Å². The summed E-state index contributed by atoms with van der Waals surface area (Å²) >= 11 is 6.46. The molecule has 0 unspecified atom stereocenters. The Morgan fingerprint density at radius 2 is 1.95 bits per heavy atom. The van der Waals surface area contributed by atoms with Gasteiger partial charge in [0.15, 0.2) is 11.6 Å². The molecule has 0 radical (unpaired) electrons. The van der Waals surface area contributed by atoms with Crippen molar-refractivity contribution in [2.24, 2.45) is 0 Å². The molecule has 2 aromatic heterocycles. The second kappa shape index (κ2) is 12.4. The second-order valence-corrected chi connectivity index (χ2v) is 9.10. The summed E-state index contributed by atoms with van der Waals surface area (Å²) in [5.74, 6) is 0.0271. The van der Waals surface area contributed by atoms with E-state index in [9.17, 15) is 9.18 Å². The van der Waals surface area contributed by atoms with Crippen LogP contribution < -0.4 is 14.8 Å². The first-order valence-corrected chi connectivity index (χ1v) is 12.2. The number of benzene rings is 2. The van der Waals surface area contributed by atoms with Gasteiger partial charge >= 0.3 is 0 Å². The Kier molecular flexibility index (Phi) is 8.83. The Morgan fingerprint density at radius 3 is 2.66 bits per heavy atom. The van der Waals surface area contributed by atoms with Gasteiger partial charge in [0.05, 0.1) is 23.3 Å². The molecule has 4 aromatic rings. The Labute approximate surface area is 225 Å². The summed E-state index contributed by atoms with van der Waals surface area (Å²) in [6.07, 6.45) is 4.22. The number of anilines is 2. The molecular formula is C28H27ClFN5O3. The van der Waals surface area contributed by atoms with E-state index in [0.29, 0.717) is 51.0 Å². The molecule has 196 valence electrons. The first kappa shape index (κ1) is 27.0. The van der Waals surface area contributed by atoms with Crippen LogP contribution in [0.1, 0.15) is 11.3 Å². The lowest BCUT2D eigenvalue weighted by Gasteiger charge is -2.14. The van der Waals surface area contributed by atoms with Crippen molar-refractivity contribution in [3.05, 3.63) is 89.2 Å². The first-order valence-electron chi connectivity index (χ1n) is 11.8. The standard InChI is InChI=1S/C28H27ClFN5O3/c1-35(2)11-9-23(30)25(36)13-18-12-21-24(15-27(18)37-3)32-17-33-28(21)34-19-7-8-26(22(29)14-19)38-16-20-6-4-5-10-31-20/h4-10,12,14-15,17H,11,13,16H2,1-3H3,(H,32,33,34). The van der Waals surface area contributed by atoms with Crippen molar-refractivity contribution in [3.8, 4) is 11.5 Å². The van der Waals surface area contributed by atoms with Crippen LogP contribution in [0.5, 0.6) is 11.5 Å². The van der Waals surface area contributed by atoms with E-state index in [1.54, 1.807) is 49.5 Å². The van der Waals surface area contributed by atoms with Crippen molar-refractivity contribution >= 4 is 39.8 Å². The van der Waals surface area contributed by atoms with Crippen LogP contribution in [0.15, 0.2) is 73.0 Å². The average Bonchev–Trinajstić information content (AvgIpc) is 2.91. The number of methoxy groups -OCH3 is 1. The zero-order valence-corrected chi connectivity index (χ0v) is 22.0. The number of nitrogens with zero attached hydrogens (tertiary/aromatic N) is 4. The molecule has 0 saturated carbocycles. The molecule has 38 heavy (non-hydrogen) atoms. The molecule has 0 aliphatic heterocycles. The van der Waals surface area contributed by atoms with Gasteiger partial charge in [-0.25, -0.2) is 14.4 Å². The molecule has 0 spiro atoms. The van der Waals surface area contributed by atoms with Crippen LogP contribution in [0.2, 0.25) is 5.02 Å². The molecule has 2 aromatic carbocycles. The van der Waals surface area contributed by atoms with Crippen LogP contribution in [-0.4, -0.2) is 53.4 Å². The Morgan fingerprint density at radius 1 is 1.11 bits per heavy atom. The van der Waals surface area contributed by atoms with Gasteiger partial charge in [-0.05, 0) is 56.6 Å². The highest BCUT2D eigenvalue weighted by Crippen LogP contribution is 2.33. The number of fused-ring (bicyclic) bond motifs is 1. The third-order valence-electron chi connectivity index (χ3n) is 5.59. The van der Waals surface area contributed by atoms with Crippen LogP contribution in [0.3, 0.4) is 0 Å². The Balaban J connectivity index is 1.56. The van der Waals surface area contributed by atoms with Gasteiger partial charge in [0.1, 0.15) is 30.3 Å². The molecule has 10 heteroatoms. The van der Waals surface area contributed by atoms with Crippen LogP contribution in [0, 0.1) is 0 Å². The van der Waals surface area contributed by atoms with E-state index in [1.807, 2.05) is 24.3 Å². The number of ketones is 1. The molecule has 0 atom stereocenters. The van der Waals surface area contributed by atoms with E-state index in [-0.39, 0.29) is 13.0 Å². The van der Waals surface area contributed by atoms with E-state index >= 15 is 0 Å². The zero-order chi connectivity index (χ0) is 27.1. The lowest BCUT2D eigenvalue weighted by atomic mass is 10.0. The van der Waals surface area contributed by atoms with Gasteiger partial charge in [-0.2, -0.15) is 0 Å². The quantitative estimate of drug-likeness (QED) is 0.251. The number of hydrogen-bond donors (Lipinski definition) is 1. The number of pyridine rings is 1. The number of hydrogen-bond acceptors (Lipinski definition) is 8. The molecule has 1 N–H and O–H groups in total. The minimum Gasteiger partial charge on any atom is -0.496 e. The summed E-state index contributed by atoms with van der Waals surface area (Å²) in [6, 6.07) is 14.3. The summed E-state index contributed by atoms with van der Waals surface area (Å²) in [5.41, 5.74) is 2.58. The summed E-state index contributed by atoms with van der Waals surface area (Å²) < 4.78 is 25.6. The predicted molar refractivity (Wildman–Crippen MR) is 146 cm³/mol. The minimum absolute atomic E-state index is 0.169. The molecule has 0 amide bonds. The highest BCUT2D eigenvalue weighted by atomic mass is 35.5. The van der Waals surface area contributed by atoms with Crippen molar-refractivity contribution in [1.82, 2.24) is 19.9 Å². The molecule has 8 nitrogen and oxygen atoms in total. The fourth-order valence-electron chi connectivity index (χ4n) is 3.66. The Bertz CT molecular complexity index is 1460. The fraction of sp³-hybridized carbons (Fsp3) is 0.214. The number of carbonyl (C=O) groups excluding carboxylic acids is 1. The van der Waals surface area contributed by atoms with Crippen LogP contribution in [-0.2, 0) is 17.8 Å². The van der Waals surface area contributed by atoms with Gasteiger partial charge < -0.3 is 19.7 Å². The summed E-state index contributed by atoms with van der Waals surface area (Å²) in [4.78, 5) is 27.2. The van der Waals surface area contributed by atoms with E-state index in [4.69, 9.17) is 21.1 Å². The van der Waals surface area contributed by atoms with Gasteiger partial charge in [0.2, 0.25) is 0 Å². The van der Waals surface area contributed by atoms with E-state index in [1.165, 1.54) is 19.5 Å². The third kappa shape index (κ3) is 6.81. The number of rotatable bonds is 11. The molecule has 4 rings (SSSR count). The highest BCUT2D eigenvalue weighted by Gasteiger charge is 2.17. The largest absolute Gasteiger partial charge is 0.496 e. The lowest BCUT2D eigenvalue weighted by molar-refractivity contribution is -0.116. The molecule has 0 fully saturated rings. The maximum atomic E-state index is 14.4. The normalized spacial score (nSPS) is 11.6. The van der Waals surface area contributed by atoms with E-state index in [0.717, 1.165) is 5.69 Å². The third-order valence-corrected chi connectivity index (χ3v) is 5.88. The number of aromatic nitrogens is 3. The molecule has 0 saturated heterocycles. The summed E-state index contributed by atoms with van der Waals surface area (Å²) in [6.45, 7) is 0.613. The second-order valence-electron chi connectivity index (χ2n) is 8.70. The zero-order valence-electron chi connectivity index (χ0n) is 21.2. The molecule has 0 aliphatic carbocycles. The van der Waals surface area contributed by atoms with Crippen molar-refractivity contribution in [2.75, 3.05) is 33.1 Å². The van der Waals surface area contributed by atoms with Crippen LogP contribution in [0.4, 0.5) is 15.9 Å².